The van der Waals surface area contributed by atoms with Crippen LogP contribution in [0.3, 0.4) is 0 Å². The first-order valence-electron chi connectivity index (χ1n) is 9.21. The van der Waals surface area contributed by atoms with Crippen LogP contribution >= 0.6 is 23.1 Å². The topological polar surface area (TPSA) is 68.7 Å². The van der Waals surface area contributed by atoms with E-state index in [4.69, 9.17) is 15.6 Å². The van der Waals surface area contributed by atoms with E-state index in [1.807, 2.05) is 16.3 Å². The molecule has 1 aromatic carbocycles. The van der Waals surface area contributed by atoms with Crippen LogP contribution in [0.4, 0.5) is 9.52 Å². The molecule has 28 heavy (non-hydrogen) atoms. The monoisotopic (exact) mass is 421 g/mol. The summed E-state index contributed by atoms with van der Waals surface area (Å²) in [6.07, 6.45) is 6.05. The average Bonchev–Trinajstić information content (AvgIpc) is 3.30. The zero-order valence-corrected chi connectivity index (χ0v) is 17.7. The lowest BCUT2D eigenvalue weighted by atomic mass is 9.80. The molecule has 0 radical (unpaired) electrons. The SMILES string of the molecule is COc1cc(F)ccc1-c1cnc2sc(N3CCC(CN)(CSC)CC3)nn12. The lowest BCUT2D eigenvalue weighted by Gasteiger charge is -2.40. The van der Waals surface area contributed by atoms with E-state index in [-0.39, 0.29) is 11.2 Å². The second kappa shape index (κ2) is 7.88. The largest absolute Gasteiger partial charge is 0.496 e. The fraction of sp³-hybridized carbons (Fsp3) is 0.474. The number of hydrogen-bond donors (Lipinski definition) is 1. The van der Waals surface area contributed by atoms with Crippen LogP contribution in [0.2, 0.25) is 0 Å². The van der Waals surface area contributed by atoms with Crippen LogP contribution in [0.15, 0.2) is 24.4 Å². The number of methoxy groups -OCH3 is 1. The molecule has 150 valence electrons. The highest BCUT2D eigenvalue weighted by atomic mass is 32.2. The predicted octanol–water partition coefficient (Wildman–Crippen LogP) is 3.51. The second-order valence-electron chi connectivity index (χ2n) is 7.19. The highest BCUT2D eigenvalue weighted by Crippen LogP contribution is 2.37. The number of halogens is 1. The van der Waals surface area contributed by atoms with Crippen molar-refractivity contribution in [2.45, 2.75) is 12.8 Å². The fourth-order valence-electron chi connectivity index (χ4n) is 3.76. The molecule has 0 bridgehead atoms. The molecule has 6 nitrogen and oxygen atoms in total. The summed E-state index contributed by atoms with van der Waals surface area (Å²) in [4.78, 5) is 7.64. The highest BCUT2D eigenvalue weighted by Gasteiger charge is 2.34. The smallest absolute Gasteiger partial charge is 0.214 e. The standard InChI is InChI=1S/C19H24FN5OS2/c1-26-16-9-13(20)3-4-14(16)15-10-22-17-25(15)23-18(28-17)24-7-5-19(11-21,6-8-24)12-27-2/h3-4,9-10H,5-8,11-12,21H2,1-2H3. The molecule has 2 aromatic heterocycles. The van der Waals surface area contributed by atoms with Crippen LogP contribution in [0.25, 0.3) is 16.2 Å². The van der Waals surface area contributed by atoms with Crippen LogP contribution in [-0.2, 0) is 0 Å². The van der Waals surface area contributed by atoms with Crippen molar-refractivity contribution < 1.29 is 9.13 Å². The summed E-state index contributed by atoms with van der Waals surface area (Å²) in [6.45, 7) is 2.63. The number of anilines is 1. The van der Waals surface area contributed by atoms with Gasteiger partial charge in [0.25, 0.3) is 0 Å². The number of thioether (sulfide) groups is 1. The third-order valence-corrected chi connectivity index (χ3v) is 7.38. The van der Waals surface area contributed by atoms with Crippen molar-refractivity contribution in [3.63, 3.8) is 0 Å². The van der Waals surface area contributed by atoms with Crippen LogP contribution in [0.1, 0.15) is 12.8 Å². The minimum Gasteiger partial charge on any atom is -0.496 e. The Morgan fingerprint density at radius 3 is 2.82 bits per heavy atom. The Hall–Kier alpha value is -1.84. The van der Waals surface area contributed by atoms with Crippen molar-refractivity contribution in [1.29, 1.82) is 0 Å². The molecule has 0 unspecified atom stereocenters. The van der Waals surface area contributed by atoms with Crippen LogP contribution in [0, 0.1) is 11.2 Å². The lowest BCUT2D eigenvalue weighted by Crippen LogP contribution is -2.45. The van der Waals surface area contributed by atoms with Gasteiger partial charge in [0.2, 0.25) is 10.1 Å². The third-order valence-electron chi connectivity index (χ3n) is 5.49. The van der Waals surface area contributed by atoms with Gasteiger partial charge in [0.1, 0.15) is 11.6 Å². The zero-order chi connectivity index (χ0) is 19.7. The summed E-state index contributed by atoms with van der Waals surface area (Å²) in [5, 5.41) is 5.76. The molecular weight excluding hydrogens is 397 g/mol. The molecule has 3 aromatic rings. The Bertz CT molecular complexity index is 965. The molecule has 0 aliphatic carbocycles. The lowest BCUT2D eigenvalue weighted by molar-refractivity contribution is 0.265. The molecule has 0 amide bonds. The van der Waals surface area contributed by atoms with Crippen molar-refractivity contribution >= 4 is 33.2 Å². The molecule has 9 heteroatoms. The molecule has 1 aliphatic heterocycles. The molecule has 0 spiro atoms. The molecule has 1 saturated heterocycles. The molecule has 0 atom stereocenters. The summed E-state index contributed by atoms with van der Waals surface area (Å²) in [5.74, 6) is 1.24. The maximum atomic E-state index is 13.6. The van der Waals surface area contributed by atoms with Crippen LogP contribution in [0.5, 0.6) is 5.75 Å². The van der Waals surface area contributed by atoms with Gasteiger partial charge in [-0.1, -0.05) is 11.3 Å². The van der Waals surface area contributed by atoms with E-state index in [1.54, 1.807) is 23.6 Å². The van der Waals surface area contributed by atoms with E-state index >= 15 is 0 Å². The number of hydrogen-bond acceptors (Lipinski definition) is 7. The number of nitrogens with two attached hydrogens (primary N) is 1. The van der Waals surface area contributed by atoms with Crippen molar-refractivity contribution in [3.05, 3.63) is 30.2 Å². The molecular formula is C19H24FN5OS2. The van der Waals surface area contributed by atoms with Gasteiger partial charge in [0.05, 0.1) is 19.0 Å². The number of piperidine rings is 1. The van der Waals surface area contributed by atoms with E-state index in [2.05, 4.69) is 16.1 Å². The maximum absolute atomic E-state index is 13.6. The number of fused-ring (bicyclic) bond motifs is 1. The van der Waals surface area contributed by atoms with Crippen molar-refractivity contribution in [2.24, 2.45) is 11.1 Å². The van der Waals surface area contributed by atoms with Gasteiger partial charge in [-0.2, -0.15) is 11.8 Å². The highest BCUT2D eigenvalue weighted by molar-refractivity contribution is 7.98. The molecule has 2 N–H and O–H groups in total. The minimum absolute atomic E-state index is 0.236. The quantitative estimate of drug-likeness (QED) is 0.657. The normalized spacial score (nSPS) is 16.6. The first-order valence-corrected chi connectivity index (χ1v) is 11.4. The number of imidazole rings is 1. The number of benzene rings is 1. The number of aromatic nitrogens is 3. The van der Waals surface area contributed by atoms with Gasteiger partial charge in [-0.3, -0.25) is 0 Å². The number of ether oxygens (including phenoxy) is 1. The third kappa shape index (κ3) is 3.46. The van der Waals surface area contributed by atoms with Crippen molar-refractivity contribution in [3.8, 4) is 17.0 Å². The second-order valence-corrected chi connectivity index (χ2v) is 8.99. The van der Waals surface area contributed by atoms with Crippen LogP contribution in [-0.4, -0.2) is 53.4 Å². The van der Waals surface area contributed by atoms with E-state index in [1.165, 1.54) is 19.2 Å². The van der Waals surface area contributed by atoms with E-state index in [9.17, 15) is 4.39 Å². The van der Waals surface area contributed by atoms with Gasteiger partial charge in [-0.25, -0.2) is 13.9 Å². The Balaban J connectivity index is 1.61. The van der Waals surface area contributed by atoms with Gasteiger partial charge < -0.3 is 15.4 Å². The van der Waals surface area contributed by atoms with Gasteiger partial charge in [-0.05, 0) is 48.9 Å². The summed E-state index contributed by atoms with van der Waals surface area (Å²) in [6, 6.07) is 4.51. The van der Waals surface area contributed by atoms with Gasteiger partial charge >= 0.3 is 0 Å². The minimum atomic E-state index is -0.331. The maximum Gasteiger partial charge on any atom is 0.214 e. The van der Waals surface area contributed by atoms with Gasteiger partial charge in [-0.15, -0.1) is 5.10 Å². The van der Waals surface area contributed by atoms with Crippen molar-refractivity contribution in [1.82, 2.24) is 14.6 Å². The molecule has 3 heterocycles. The molecule has 1 fully saturated rings. The summed E-state index contributed by atoms with van der Waals surface area (Å²) in [5.41, 5.74) is 7.88. The zero-order valence-electron chi connectivity index (χ0n) is 16.0. The fourth-order valence-corrected chi connectivity index (χ4v) is 5.70. The van der Waals surface area contributed by atoms with Gasteiger partial charge in [0, 0.05) is 24.7 Å². The molecule has 1 aliphatic rings. The van der Waals surface area contributed by atoms with Gasteiger partial charge in [0.15, 0.2) is 0 Å². The first-order chi connectivity index (χ1) is 13.6. The van der Waals surface area contributed by atoms with Crippen molar-refractivity contribution in [2.75, 3.05) is 43.7 Å². The van der Waals surface area contributed by atoms with E-state index in [0.29, 0.717) is 5.75 Å². The predicted molar refractivity (Wildman–Crippen MR) is 114 cm³/mol. The summed E-state index contributed by atoms with van der Waals surface area (Å²) in [7, 11) is 1.54. The Morgan fingerprint density at radius 2 is 2.14 bits per heavy atom. The average molecular weight is 422 g/mol. The van der Waals surface area contributed by atoms with E-state index < -0.39 is 0 Å². The number of nitrogens with zero attached hydrogens (tertiary/aromatic N) is 4. The molecule has 4 rings (SSSR count). The Kier molecular flexibility index (Phi) is 5.48. The summed E-state index contributed by atoms with van der Waals surface area (Å²) < 4.78 is 20.7. The van der Waals surface area contributed by atoms with E-state index in [0.717, 1.165) is 59.6 Å². The first kappa shape index (κ1) is 19.5. The molecule has 0 saturated carbocycles. The number of rotatable bonds is 6. The Morgan fingerprint density at radius 1 is 1.36 bits per heavy atom. The summed E-state index contributed by atoms with van der Waals surface area (Å²) >= 11 is 3.45. The Labute approximate surface area is 171 Å². The van der Waals surface area contributed by atoms with Crippen LogP contribution < -0.4 is 15.4 Å².